The maximum Gasteiger partial charge on any atom is 0.230 e. The molecule has 0 aromatic heterocycles. The van der Waals surface area contributed by atoms with Gasteiger partial charge in [-0.1, -0.05) is 40.2 Å². The van der Waals surface area contributed by atoms with E-state index >= 15 is 0 Å². The van der Waals surface area contributed by atoms with Gasteiger partial charge in [-0.2, -0.15) is 0 Å². The number of amides is 1. The van der Waals surface area contributed by atoms with Crippen molar-refractivity contribution in [3.05, 3.63) is 64.1 Å². The van der Waals surface area contributed by atoms with Gasteiger partial charge in [0.1, 0.15) is 5.75 Å². The molecule has 0 bridgehead atoms. The van der Waals surface area contributed by atoms with Gasteiger partial charge in [-0.25, -0.2) is 0 Å². The van der Waals surface area contributed by atoms with Crippen molar-refractivity contribution in [2.75, 3.05) is 41.0 Å². The highest BCUT2D eigenvalue weighted by Gasteiger charge is 2.41. The first kappa shape index (κ1) is 21.8. The van der Waals surface area contributed by atoms with Gasteiger partial charge in [0, 0.05) is 24.2 Å². The Kier molecular flexibility index (Phi) is 7.33. The minimum absolute atomic E-state index is 0.0517. The van der Waals surface area contributed by atoms with E-state index in [0.29, 0.717) is 32.6 Å². The molecule has 0 saturated carbocycles. The Bertz CT molecular complexity index is 817. The van der Waals surface area contributed by atoms with Gasteiger partial charge in [-0.15, -0.1) is 0 Å². The van der Waals surface area contributed by atoms with Crippen LogP contribution in [-0.2, 0) is 14.9 Å². The van der Waals surface area contributed by atoms with E-state index in [9.17, 15) is 4.79 Å². The van der Waals surface area contributed by atoms with E-state index in [1.165, 1.54) is 0 Å². The monoisotopic (exact) mass is 460 g/mol. The molecule has 0 aliphatic carbocycles. The zero-order valence-corrected chi connectivity index (χ0v) is 18.9. The number of methoxy groups -OCH3 is 1. The van der Waals surface area contributed by atoms with Crippen LogP contribution in [0.25, 0.3) is 0 Å². The van der Waals surface area contributed by atoms with Crippen molar-refractivity contribution >= 4 is 21.8 Å². The molecular weight excluding hydrogens is 432 g/mol. The zero-order valence-electron chi connectivity index (χ0n) is 17.3. The van der Waals surface area contributed by atoms with Crippen LogP contribution in [0.1, 0.15) is 30.0 Å². The summed E-state index contributed by atoms with van der Waals surface area (Å²) >= 11 is 3.49. The Balaban J connectivity index is 1.80. The first-order valence-electron chi connectivity index (χ1n) is 9.89. The predicted octanol–water partition coefficient (Wildman–Crippen LogP) is 3.93. The number of halogens is 1. The molecule has 0 radical (unpaired) electrons. The van der Waals surface area contributed by atoms with E-state index in [1.807, 2.05) is 56.6 Å². The summed E-state index contributed by atoms with van der Waals surface area (Å²) in [4.78, 5) is 15.6. The third-order valence-corrected chi connectivity index (χ3v) is 6.26. The average Bonchev–Trinajstić information content (AvgIpc) is 2.74. The molecule has 1 unspecified atom stereocenters. The summed E-state index contributed by atoms with van der Waals surface area (Å²) in [7, 11) is 5.71. The Hall–Kier alpha value is -1.89. The Morgan fingerprint density at radius 3 is 2.52 bits per heavy atom. The normalized spacial score (nSPS) is 17.0. The Morgan fingerprint density at radius 1 is 1.21 bits per heavy atom. The minimum Gasteiger partial charge on any atom is -0.497 e. The van der Waals surface area contributed by atoms with E-state index < -0.39 is 5.41 Å². The number of ether oxygens (including phenoxy) is 2. The van der Waals surface area contributed by atoms with Gasteiger partial charge < -0.3 is 19.7 Å². The summed E-state index contributed by atoms with van der Waals surface area (Å²) < 4.78 is 11.9. The van der Waals surface area contributed by atoms with Gasteiger partial charge >= 0.3 is 0 Å². The third kappa shape index (κ3) is 5.00. The molecular formula is C23H29BrN2O3. The van der Waals surface area contributed by atoms with Gasteiger partial charge in [0.2, 0.25) is 5.91 Å². The fourth-order valence-electron chi connectivity index (χ4n) is 3.94. The maximum absolute atomic E-state index is 13.5. The molecule has 1 aliphatic rings. The molecule has 1 atom stereocenters. The summed E-state index contributed by atoms with van der Waals surface area (Å²) in [5.74, 6) is 0.884. The number of carbonyl (C=O) groups excluding carboxylic acids is 1. The first-order valence-corrected chi connectivity index (χ1v) is 10.7. The molecule has 2 aromatic rings. The van der Waals surface area contributed by atoms with Crippen molar-refractivity contribution in [3.63, 3.8) is 0 Å². The molecule has 6 heteroatoms. The summed E-state index contributed by atoms with van der Waals surface area (Å²) in [5, 5.41) is 3.24. The minimum atomic E-state index is -0.551. The van der Waals surface area contributed by atoms with Crippen LogP contribution in [0.4, 0.5) is 0 Å². The van der Waals surface area contributed by atoms with Crippen LogP contribution in [0, 0.1) is 0 Å². The molecule has 0 spiro atoms. The van der Waals surface area contributed by atoms with Gasteiger partial charge in [0.15, 0.2) is 0 Å². The molecule has 5 nitrogen and oxygen atoms in total. The fourth-order valence-corrected chi connectivity index (χ4v) is 4.21. The lowest BCUT2D eigenvalue weighted by Gasteiger charge is -2.37. The highest BCUT2D eigenvalue weighted by molar-refractivity contribution is 9.10. The highest BCUT2D eigenvalue weighted by atomic mass is 79.9. The molecule has 1 fully saturated rings. The largest absolute Gasteiger partial charge is 0.497 e. The van der Waals surface area contributed by atoms with Crippen molar-refractivity contribution in [1.29, 1.82) is 0 Å². The molecule has 1 heterocycles. The van der Waals surface area contributed by atoms with Crippen molar-refractivity contribution < 1.29 is 14.3 Å². The summed E-state index contributed by atoms with van der Waals surface area (Å²) in [6.07, 6.45) is 1.37. The topological polar surface area (TPSA) is 50.8 Å². The number of nitrogens with zero attached hydrogens (tertiary/aromatic N) is 1. The van der Waals surface area contributed by atoms with Crippen LogP contribution in [-0.4, -0.2) is 51.8 Å². The van der Waals surface area contributed by atoms with Crippen LogP contribution in [0.5, 0.6) is 5.75 Å². The number of nitrogens with one attached hydrogen (secondary N) is 1. The Morgan fingerprint density at radius 2 is 1.90 bits per heavy atom. The molecule has 3 rings (SSSR count). The highest BCUT2D eigenvalue weighted by Crippen LogP contribution is 2.36. The number of benzene rings is 2. The van der Waals surface area contributed by atoms with E-state index in [2.05, 4.69) is 32.2 Å². The second-order valence-corrected chi connectivity index (χ2v) is 8.58. The zero-order chi connectivity index (χ0) is 20.9. The SMILES string of the molecule is COc1cccc(C(CNC(=O)C2(c3ccc(Br)cc3)CCOCC2)N(C)C)c1. The molecule has 1 aliphatic heterocycles. The molecule has 2 aromatic carbocycles. The summed E-state index contributed by atoms with van der Waals surface area (Å²) in [5.41, 5.74) is 1.60. The average molecular weight is 461 g/mol. The van der Waals surface area contributed by atoms with Crippen molar-refractivity contribution in [1.82, 2.24) is 10.2 Å². The van der Waals surface area contributed by atoms with Crippen LogP contribution in [0.2, 0.25) is 0 Å². The standard InChI is InChI=1S/C23H29BrN2O3/c1-26(2)21(17-5-4-6-20(15-17)28-3)16-25-22(27)23(11-13-29-14-12-23)18-7-9-19(24)10-8-18/h4-10,15,21H,11-14,16H2,1-3H3,(H,25,27). The second kappa shape index (κ2) is 9.74. The van der Waals surface area contributed by atoms with Crippen LogP contribution < -0.4 is 10.1 Å². The summed E-state index contributed by atoms with van der Waals surface area (Å²) in [6, 6.07) is 16.1. The molecule has 1 saturated heterocycles. The van der Waals surface area contributed by atoms with Gasteiger partial charge in [-0.3, -0.25) is 4.79 Å². The number of hydrogen-bond acceptors (Lipinski definition) is 4. The quantitative estimate of drug-likeness (QED) is 0.679. The predicted molar refractivity (Wildman–Crippen MR) is 118 cm³/mol. The van der Waals surface area contributed by atoms with Crippen molar-refractivity contribution in [3.8, 4) is 5.75 Å². The lowest BCUT2D eigenvalue weighted by Crippen LogP contribution is -2.49. The lowest BCUT2D eigenvalue weighted by molar-refractivity contribution is -0.130. The third-order valence-electron chi connectivity index (χ3n) is 5.74. The van der Waals surface area contributed by atoms with Crippen molar-refractivity contribution in [2.24, 2.45) is 0 Å². The first-order chi connectivity index (χ1) is 14.0. The number of hydrogen-bond donors (Lipinski definition) is 1. The van der Waals surface area contributed by atoms with E-state index in [-0.39, 0.29) is 11.9 Å². The van der Waals surface area contributed by atoms with Crippen LogP contribution in [0.15, 0.2) is 53.0 Å². The van der Waals surface area contributed by atoms with E-state index in [0.717, 1.165) is 21.3 Å². The number of rotatable bonds is 7. The maximum atomic E-state index is 13.5. The molecule has 1 N–H and O–H groups in total. The second-order valence-electron chi connectivity index (χ2n) is 7.67. The van der Waals surface area contributed by atoms with Crippen LogP contribution >= 0.6 is 15.9 Å². The Labute approximate surface area is 181 Å². The van der Waals surface area contributed by atoms with Gasteiger partial charge in [0.05, 0.1) is 18.6 Å². The van der Waals surface area contributed by atoms with Crippen molar-refractivity contribution in [2.45, 2.75) is 24.3 Å². The van der Waals surface area contributed by atoms with Gasteiger partial charge in [0.25, 0.3) is 0 Å². The van der Waals surface area contributed by atoms with E-state index in [1.54, 1.807) is 7.11 Å². The number of likely N-dealkylation sites (N-methyl/N-ethyl adjacent to an activating group) is 1. The van der Waals surface area contributed by atoms with Crippen LogP contribution in [0.3, 0.4) is 0 Å². The smallest absolute Gasteiger partial charge is 0.230 e. The lowest BCUT2D eigenvalue weighted by atomic mass is 9.73. The van der Waals surface area contributed by atoms with E-state index in [4.69, 9.17) is 9.47 Å². The summed E-state index contributed by atoms with van der Waals surface area (Å²) in [6.45, 7) is 1.71. The fraction of sp³-hybridized carbons (Fsp3) is 0.435. The molecule has 1 amide bonds. The molecule has 156 valence electrons. The molecule has 29 heavy (non-hydrogen) atoms. The number of carbonyl (C=O) groups is 1. The van der Waals surface area contributed by atoms with Gasteiger partial charge in [-0.05, 0) is 62.3 Å².